The summed E-state index contributed by atoms with van der Waals surface area (Å²) < 4.78 is 27.3. The van der Waals surface area contributed by atoms with Crippen LogP contribution in [0.5, 0.6) is 17.2 Å². The van der Waals surface area contributed by atoms with Gasteiger partial charge in [0.1, 0.15) is 41.8 Å². The lowest BCUT2D eigenvalue weighted by Crippen LogP contribution is -2.19. The second-order valence-corrected chi connectivity index (χ2v) is 7.47. The first-order valence-electron chi connectivity index (χ1n) is 10.3. The zero-order valence-electron chi connectivity index (χ0n) is 17.9. The third-order valence-electron chi connectivity index (χ3n) is 5.28. The summed E-state index contributed by atoms with van der Waals surface area (Å²) >= 11 is 0. The van der Waals surface area contributed by atoms with Gasteiger partial charge in [0, 0.05) is 36.1 Å². The molecule has 1 aliphatic rings. The first-order chi connectivity index (χ1) is 16.0. The van der Waals surface area contributed by atoms with E-state index in [1.807, 2.05) is 6.07 Å². The minimum atomic E-state index is -0.682. The molecule has 1 amide bonds. The van der Waals surface area contributed by atoms with Crippen LogP contribution in [0, 0.1) is 6.92 Å². The summed E-state index contributed by atoms with van der Waals surface area (Å²) in [5.74, 6) is 2.11. The third kappa shape index (κ3) is 4.00. The van der Waals surface area contributed by atoms with Crippen molar-refractivity contribution in [1.82, 2.24) is 10.3 Å². The normalized spacial score (nSPS) is 15.3. The standard InChI is InChI=1S/C24H20N2O7/c1-13-22(23(27)25-2)18-6-4-15(10-21(18)31-13)32-20-7-8-26-19-9-14(3-5-17(19)20)29-11-16-12-30-24(28)33-16/h3-10,16H,11-12H2,1-2H3,(H,25,27). The molecule has 0 saturated carbocycles. The fourth-order valence-electron chi connectivity index (χ4n) is 3.71. The van der Waals surface area contributed by atoms with Gasteiger partial charge in [0.2, 0.25) is 0 Å². The number of hydrogen-bond acceptors (Lipinski definition) is 8. The van der Waals surface area contributed by atoms with Crippen LogP contribution in [-0.2, 0) is 9.47 Å². The summed E-state index contributed by atoms with van der Waals surface area (Å²) in [4.78, 5) is 27.6. The van der Waals surface area contributed by atoms with Gasteiger partial charge < -0.3 is 28.7 Å². The van der Waals surface area contributed by atoms with Gasteiger partial charge in [-0.25, -0.2) is 4.79 Å². The van der Waals surface area contributed by atoms with Gasteiger partial charge in [0.05, 0.1) is 11.1 Å². The van der Waals surface area contributed by atoms with E-state index in [1.54, 1.807) is 56.6 Å². The molecule has 2 aromatic heterocycles. The van der Waals surface area contributed by atoms with Crippen LogP contribution >= 0.6 is 0 Å². The molecule has 2 aromatic carbocycles. The number of amides is 1. The predicted molar refractivity (Wildman–Crippen MR) is 118 cm³/mol. The zero-order valence-corrected chi connectivity index (χ0v) is 17.9. The Labute approximate surface area is 188 Å². The molecule has 1 N–H and O–H groups in total. The van der Waals surface area contributed by atoms with Crippen LogP contribution in [0.15, 0.2) is 53.1 Å². The maximum atomic E-state index is 12.1. The number of benzene rings is 2. The lowest BCUT2D eigenvalue weighted by Gasteiger charge is -2.12. The fourth-order valence-corrected chi connectivity index (χ4v) is 3.71. The number of aromatic nitrogens is 1. The maximum absolute atomic E-state index is 12.1. The van der Waals surface area contributed by atoms with Crippen LogP contribution in [-0.4, -0.2) is 43.4 Å². The van der Waals surface area contributed by atoms with E-state index >= 15 is 0 Å². The Bertz CT molecular complexity index is 1380. The number of hydrogen-bond donors (Lipinski definition) is 1. The Hall–Kier alpha value is -4.27. The number of cyclic esters (lactones) is 2. The highest BCUT2D eigenvalue weighted by atomic mass is 16.8. The van der Waals surface area contributed by atoms with Crippen LogP contribution in [0.1, 0.15) is 16.1 Å². The summed E-state index contributed by atoms with van der Waals surface area (Å²) in [6.07, 6.45) is 0.533. The maximum Gasteiger partial charge on any atom is 0.508 e. The molecule has 0 radical (unpaired) electrons. The largest absolute Gasteiger partial charge is 0.508 e. The molecule has 3 heterocycles. The van der Waals surface area contributed by atoms with Crippen molar-refractivity contribution in [1.29, 1.82) is 0 Å². The lowest BCUT2D eigenvalue weighted by atomic mass is 10.1. The number of aryl methyl sites for hydroxylation is 1. The highest BCUT2D eigenvalue weighted by Crippen LogP contribution is 2.34. The van der Waals surface area contributed by atoms with E-state index in [4.69, 9.17) is 23.4 Å². The predicted octanol–water partition coefficient (Wildman–Crippen LogP) is 4.36. The molecule has 5 rings (SSSR count). The van der Waals surface area contributed by atoms with Crippen LogP contribution < -0.4 is 14.8 Å². The van der Waals surface area contributed by atoms with Crippen molar-refractivity contribution in [2.75, 3.05) is 20.3 Å². The summed E-state index contributed by atoms with van der Waals surface area (Å²) in [6.45, 7) is 2.12. The molecule has 9 nitrogen and oxygen atoms in total. The van der Waals surface area contributed by atoms with Gasteiger partial charge >= 0.3 is 6.16 Å². The second-order valence-electron chi connectivity index (χ2n) is 7.47. The molecule has 0 bridgehead atoms. The van der Waals surface area contributed by atoms with E-state index in [0.717, 1.165) is 10.8 Å². The first-order valence-corrected chi connectivity index (χ1v) is 10.3. The number of furan rings is 1. The Balaban J connectivity index is 1.38. The van der Waals surface area contributed by atoms with Gasteiger partial charge in [-0.2, -0.15) is 0 Å². The van der Waals surface area contributed by atoms with Crippen LogP contribution in [0.3, 0.4) is 0 Å². The van der Waals surface area contributed by atoms with E-state index in [1.165, 1.54) is 0 Å². The highest BCUT2D eigenvalue weighted by molar-refractivity contribution is 6.07. The molecule has 9 heteroatoms. The molecule has 0 aliphatic carbocycles. The third-order valence-corrected chi connectivity index (χ3v) is 5.28. The van der Waals surface area contributed by atoms with Gasteiger partial charge in [-0.3, -0.25) is 9.78 Å². The number of ether oxygens (including phenoxy) is 4. The average Bonchev–Trinajstić information content (AvgIpc) is 3.38. The van der Waals surface area contributed by atoms with E-state index in [2.05, 4.69) is 10.3 Å². The molecule has 0 spiro atoms. The Morgan fingerprint density at radius 2 is 1.97 bits per heavy atom. The quantitative estimate of drug-likeness (QED) is 0.434. The van der Waals surface area contributed by atoms with E-state index < -0.39 is 12.3 Å². The minimum absolute atomic E-state index is 0.173. The van der Waals surface area contributed by atoms with Crippen molar-refractivity contribution >= 4 is 33.9 Å². The lowest BCUT2D eigenvalue weighted by molar-refractivity contribution is 0.0960. The summed E-state index contributed by atoms with van der Waals surface area (Å²) in [6, 6.07) is 12.6. The number of carbonyl (C=O) groups excluding carboxylic acids is 2. The van der Waals surface area contributed by atoms with Gasteiger partial charge in [-0.1, -0.05) is 0 Å². The molecule has 1 aliphatic heterocycles. The van der Waals surface area contributed by atoms with E-state index in [9.17, 15) is 9.59 Å². The number of carbonyl (C=O) groups is 2. The summed E-state index contributed by atoms with van der Waals surface area (Å²) in [7, 11) is 1.58. The van der Waals surface area contributed by atoms with Crippen molar-refractivity contribution < 1.29 is 33.0 Å². The molecule has 1 atom stereocenters. The second kappa shape index (κ2) is 8.34. The SMILES string of the molecule is CNC(=O)c1c(C)oc2cc(Oc3ccnc4cc(OCC5COC(=O)O5)ccc34)ccc12. The minimum Gasteiger partial charge on any atom is -0.490 e. The van der Waals surface area contributed by atoms with Crippen LogP contribution in [0.25, 0.3) is 21.9 Å². The number of pyridine rings is 1. The number of nitrogens with zero attached hydrogens (tertiary/aromatic N) is 1. The number of rotatable bonds is 6. The van der Waals surface area contributed by atoms with Crippen molar-refractivity contribution in [3.63, 3.8) is 0 Å². The molecule has 1 unspecified atom stereocenters. The Morgan fingerprint density at radius 3 is 2.76 bits per heavy atom. The summed E-state index contributed by atoms with van der Waals surface area (Å²) in [5, 5.41) is 4.15. The fraction of sp³-hybridized carbons (Fsp3) is 0.208. The number of nitrogens with one attached hydrogen (secondary N) is 1. The van der Waals surface area contributed by atoms with Gasteiger partial charge in [0.15, 0.2) is 6.10 Å². The van der Waals surface area contributed by atoms with Crippen LogP contribution in [0.4, 0.5) is 4.79 Å². The summed E-state index contributed by atoms with van der Waals surface area (Å²) in [5.41, 5.74) is 1.76. The Kier molecular flexibility index (Phi) is 5.21. The van der Waals surface area contributed by atoms with Gasteiger partial charge in [-0.05, 0) is 37.3 Å². The van der Waals surface area contributed by atoms with Crippen LogP contribution in [0.2, 0.25) is 0 Å². The van der Waals surface area contributed by atoms with Crippen molar-refractivity contribution in [2.24, 2.45) is 0 Å². The topological polar surface area (TPSA) is 109 Å². The van der Waals surface area contributed by atoms with Gasteiger partial charge in [-0.15, -0.1) is 0 Å². The number of fused-ring (bicyclic) bond motifs is 2. The smallest absolute Gasteiger partial charge is 0.490 e. The molecule has 33 heavy (non-hydrogen) atoms. The monoisotopic (exact) mass is 448 g/mol. The zero-order chi connectivity index (χ0) is 22.9. The van der Waals surface area contributed by atoms with E-state index in [0.29, 0.717) is 39.7 Å². The van der Waals surface area contributed by atoms with Crippen molar-refractivity contribution in [2.45, 2.75) is 13.0 Å². The highest BCUT2D eigenvalue weighted by Gasteiger charge is 2.25. The molecule has 1 saturated heterocycles. The molecule has 168 valence electrons. The van der Waals surface area contributed by atoms with Crippen molar-refractivity contribution in [3.8, 4) is 17.2 Å². The van der Waals surface area contributed by atoms with Gasteiger partial charge in [0.25, 0.3) is 5.91 Å². The molecular weight excluding hydrogens is 428 g/mol. The first kappa shape index (κ1) is 20.6. The molecule has 4 aromatic rings. The Morgan fingerprint density at radius 1 is 1.15 bits per heavy atom. The van der Waals surface area contributed by atoms with E-state index in [-0.39, 0.29) is 19.1 Å². The molecule has 1 fully saturated rings. The van der Waals surface area contributed by atoms with Crippen molar-refractivity contribution in [3.05, 3.63) is 60.0 Å². The average molecular weight is 448 g/mol. The molecular formula is C24H20N2O7.